The van der Waals surface area contributed by atoms with Gasteiger partial charge in [-0.05, 0) is 26.8 Å². The van der Waals surface area contributed by atoms with Crippen molar-refractivity contribution in [3.05, 3.63) is 44.2 Å². The first-order valence-corrected chi connectivity index (χ1v) is 11.8. The van der Waals surface area contributed by atoms with Gasteiger partial charge in [0.25, 0.3) is 11.1 Å². The Hall–Kier alpha value is -3.66. The molecule has 204 valence electrons. The maximum absolute atomic E-state index is 11.8. The SMILES string of the molecule is Cc1cc(=O)[nH]c(NCNCCCOCCOCCOCCC(=O)NC(=O)Nc2nc(C)cc(=O)[nH]2)n1. The van der Waals surface area contributed by atoms with Gasteiger partial charge in [-0.2, -0.15) is 0 Å². The summed E-state index contributed by atoms with van der Waals surface area (Å²) in [6.07, 6.45) is 0.791. The standard InChI is InChI=1S/C22H34N8O7/c1-15-12-18(32)27-20(25-15)24-14-23-5-3-6-35-8-10-37-11-9-36-7-4-17(31)29-22(34)30-21-26-16(2)13-19(33)28-21/h12-13,23H,3-11,14H2,1-2H3,(H2,24,25,27,32)(H3,26,28,29,30,31,33,34). The minimum Gasteiger partial charge on any atom is -0.379 e. The van der Waals surface area contributed by atoms with E-state index in [-0.39, 0.29) is 24.5 Å². The van der Waals surface area contributed by atoms with E-state index in [0.717, 1.165) is 13.0 Å². The number of hydrogen-bond donors (Lipinski definition) is 6. The number of urea groups is 1. The molecule has 37 heavy (non-hydrogen) atoms. The number of rotatable bonds is 17. The van der Waals surface area contributed by atoms with Gasteiger partial charge in [0.05, 0.1) is 46.1 Å². The third-order valence-electron chi connectivity index (χ3n) is 4.46. The maximum Gasteiger partial charge on any atom is 0.328 e. The average Bonchev–Trinajstić information content (AvgIpc) is 2.80. The van der Waals surface area contributed by atoms with Crippen LogP contribution < -0.4 is 32.4 Å². The van der Waals surface area contributed by atoms with E-state index < -0.39 is 17.5 Å². The normalized spacial score (nSPS) is 10.8. The van der Waals surface area contributed by atoms with Crippen LogP contribution in [0, 0.1) is 13.8 Å². The smallest absolute Gasteiger partial charge is 0.328 e. The number of carbonyl (C=O) groups excluding carboxylic acids is 2. The van der Waals surface area contributed by atoms with Crippen molar-refractivity contribution in [2.45, 2.75) is 26.7 Å². The average molecular weight is 523 g/mol. The second kappa shape index (κ2) is 16.9. The molecule has 2 aromatic rings. The second-order valence-corrected chi connectivity index (χ2v) is 7.77. The summed E-state index contributed by atoms with van der Waals surface area (Å²) in [7, 11) is 0. The highest BCUT2D eigenvalue weighted by Crippen LogP contribution is 1.96. The van der Waals surface area contributed by atoms with E-state index in [1.165, 1.54) is 12.1 Å². The third-order valence-corrected chi connectivity index (χ3v) is 4.46. The summed E-state index contributed by atoms with van der Waals surface area (Å²) in [4.78, 5) is 59.3. The van der Waals surface area contributed by atoms with Crippen molar-refractivity contribution in [3.8, 4) is 0 Å². The molecule has 2 heterocycles. The highest BCUT2D eigenvalue weighted by molar-refractivity contribution is 6.00. The summed E-state index contributed by atoms with van der Waals surface area (Å²) in [5, 5.41) is 10.6. The van der Waals surface area contributed by atoms with Gasteiger partial charge in [0.2, 0.25) is 17.8 Å². The number of nitrogens with one attached hydrogen (secondary N) is 6. The van der Waals surface area contributed by atoms with Gasteiger partial charge >= 0.3 is 6.03 Å². The predicted octanol–water partition coefficient (Wildman–Crippen LogP) is -0.393. The highest BCUT2D eigenvalue weighted by atomic mass is 16.5. The summed E-state index contributed by atoms with van der Waals surface area (Å²) in [6.45, 7) is 6.77. The van der Waals surface area contributed by atoms with Gasteiger partial charge in [-0.25, -0.2) is 14.8 Å². The van der Waals surface area contributed by atoms with Crippen LogP contribution in [0.3, 0.4) is 0 Å². The summed E-state index contributed by atoms with van der Waals surface area (Å²) < 4.78 is 16.2. The Labute approximate surface area is 213 Å². The lowest BCUT2D eigenvalue weighted by Gasteiger charge is -2.09. The van der Waals surface area contributed by atoms with Crippen LogP contribution in [0.25, 0.3) is 0 Å². The number of amides is 3. The molecule has 0 aromatic carbocycles. The lowest BCUT2D eigenvalue weighted by atomic mass is 10.4. The number of H-pyrrole nitrogens is 2. The molecular formula is C22H34N8O7. The molecule has 0 saturated heterocycles. The van der Waals surface area contributed by atoms with Crippen LogP contribution in [0.1, 0.15) is 24.2 Å². The van der Waals surface area contributed by atoms with Crippen LogP contribution in [0.5, 0.6) is 0 Å². The number of aromatic amines is 2. The molecule has 0 fully saturated rings. The molecule has 3 amide bonds. The summed E-state index contributed by atoms with van der Waals surface area (Å²) in [5.41, 5.74) is 0.475. The molecule has 15 heteroatoms. The minimum absolute atomic E-state index is 0.0166. The number of nitrogens with zero attached hydrogens (tertiary/aromatic N) is 2. The molecule has 0 atom stereocenters. The zero-order chi connectivity index (χ0) is 26.9. The first-order valence-electron chi connectivity index (χ1n) is 11.8. The van der Waals surface area contributed by atoms with E-state index in [0.29, 0.717) is 57.0 Å². The van der Waals surface area contributed by atoms with Gasteiger partial charge in [-0.15, -0.1) is 0 Å². The number of imide groups is 1. The van der Waals surface area contributed by atoms with Gasteiger partial charge < -0.3 is 19.5 Å². The van der Waals surface area contributed by atoms with Crippen molar-refractivity contribution in [2.75, 3.05) is 63.5 Å². The number of anilines is 2. The molecule has 0 saturated carbocycles. The number of ether oxygens (including phenoxy) is 3. The summed E-state index contributed by atoms with van der Waals surface area (Å²) in [5.74, 6) is -0.154. The first-order chi connectivity index (χ1) is 17.8. The van der Waals surface area contributed by atoms with Gasteiger partial charge in [-0.3, -0.25) is 40.3 Å². The molecule has 2 rings (SSSR count). The number of carbonyl (C=O) groups is 2. The van der Waals surface area contributed by atoms with Gasteiger partial charge in [0.15, 0.2) is 0 Å². The highest BCUT2D eigenvalue weighted by Gasteiger charge is 2.09. The summed E-state index contributed by atoms with van der Waals surface area (Å²) >= 11 is 0. The molecule has 0 aliphatic heterocycles. The Bertz CT molecular complexity index is 1100. The van der Waals surface area contributed by atoms with Crippen molar-refractivity contribution in [3.63, 3.8) is 0 Å². The van der Waals surface area contributed by atoms with Crippen LogP contribution in [-0.2, 0) is 19.0 Å². The Morgan fingerprint density at radius 3 is 2.05 bits per heavy atom. The van der Waals surface area contributed by atoms with Crippen molar-refractivity contribution >= 4 is 23.8 Å². The fourth-order valence-electron chi connectivity index (χ4n) is 2.87. The number of hydrogen-bond acceptors (Lipinski definition) is 11. The molecule has 0 aliphatic carbocycles. The van der Waals surface area contributed by atoms with Gasteiger partial charge in [0, 0.05) is 30.1 Å². The van der Waals surface area contributed by atoms with Gasteiger partial charge in [-0.1, -0.05) is 0 Å². The van der Waals surface area contributed by atoms with E-state index in [1.54, 1.807) is 13.8 Å². The predicted molar refractivity (Wildman–Crippen MR) is 135 cm³/mol. The molecular weight excluding hydrogens is 488 g/mol. The molecule has 0 aliphatic rings. The van der Waals surface area contributed by atoms with Crippen molar-refractivity contribution in [2.24, 2.45) is 0 Å². The lowest BCUT2D eigenvalue weighted by Crippen LogP contribution is -2.35. The van der Waals surface area contributed by atoms with E-state index in [2.05, 4.69) is 41.2 Å². The fraction of sp³-hybridized carbons (Fsp3) is 0.545. The van der Waals surface area contributed by atoms with E-state index in [4.69, 9.17) is 14.2 Å². The molecule has 0 radical (unpaired) electrons. The van der Waals surface area contributed by atoms with Crippen LogP contribution in [0.2, 0.25) is 0 Å². The zero-order valence-electron chi connectivity index (χ0n) is 21.0. The van der Waals surface area contributed by atoms with Crippen molar-refractivity contribution in [1.82, 2.24) is 30.6 Å². The summed E-state index contributed by atoms with van der Waals surface area (Å²) in [6, 6.07) is 1.91. The van der Waals surface area contributed by atoms with Crippen molar-refractivity contribution < 1.29 is 23.8 Å². The monoisotopic (exact) mass is 522 g/mol. The molecule has 15 nitrogen and oxygen atoms in total. The fourth-order valence-corrected chi connectivity index (χ4v) is 2.87. The topological polar surface area (TPSA) is 201 Å². The largest absolute Gasteiger partial charge is 0.379 e. The van der Waals surface area contributed by atoms with Gasteiger partial charge in [0.1, 0.15) is 0 Å². The van der Waals surface area contributed by atoms with Crippen LogP contribution >= 0.6 is 0 Å². The lowest BCUT2D eigenvalue weighted by molar-refractivity contribution is -0.121. The Kier molecular flexibility index (Phi) is 13.5. The second-order valence-electron chi connectivity index (χ2n) is 7.77. The molecule has 0 bridgehead atoms. The Balaban J connectivity index is 1.35. The van der Waals surface area contributed by atoms with E-state index in [1.807, 2.05) is 0 Å². The molecule has 0 spiro atoms. The third kappa shape index (κ3) is 13.9. The first kappa shape index (κ1) is 29.6. The van der Waals surface area contributed by atoms with Crippen LogP contribution in [0.4, 0.5) is 16.7 Å². The number of aryl methyl sites for hydroxylation is 2. The molecule has 6 N–H and O–H groups in total. The quantitative estimate of drug-likeness (QED) is 0.117. The van der Waals surface area contributed by atoms with Crippen molar-refractivity contribution in [1.29, 1.82) is 0 Å². The number of aromatic nitrogens is 4. The Morgan fingerprint density at radius 2 is 1.41 bits per heavy atom. The zero-order valence-corrected chi connectivity index (χ0v) is 21.0. The minimum atomic E-state index is -0.799. The van der Waals surface area contributed by atoms with Crippen LogP contribution in [-0.4, -0.2) is 84.7 Å². The maximum atomic E-state index is 11.8. The van der Waals surface area contributed by atoms with E-state index >= 15 is 0 Å². The van der Waals surface area contributed by atoms with E-state index in [9.17, 15) is 19.2 Å². The van der Waals surface area contributed by atoms with Crippen LogP contribution in [0.15, 0.2) is 21.7 Å². The Morgan fingerprint density at radius 1 is 0.838 bits per heavy atom. The molecule has 0 unspecified atom stereocenters. The molecule has 2 aromatic heterocycles.